The number of nitro benzene ring substituents is 1. The van der Waals surface area contributed by atoms with Gasteiger partial charge < -0.3 is 5.32 Å². The number of benzene rings is 2. The van der Waals surface area contributed by atoms with Gasteiger partial charge >= 0.3 is 0 Å². The van der Waals surface area contributed by atoms with Gasteiger partial charge in [0.15, 0.2) is 0 Å². The van der Waals surface area contributed by atoms with E-state index in [0.717, 1.165) is 5.56 Å². The molecule has 0 fully saturated rings. The van der Waals surface area contributed by atoms with Crippen molar-refractivity contribution in [3.05, 3.63) is 67.9 Å². The summed E-state index contributed by atoms with van der Waals surface area (Å²) in [6.45, 7) is 2.18. The van der Waals surface area contributed by atoms with Gasteiger partial charge in [-0.1, -0.05) is 22.0 Å². The number of halogens is 2. The number of anilines is 1. The van der Waals surface area contributed by atoms with E-state index in [1.807, 2.05) is 6.92 Å². The van der Waals surface area contributed by atoms with E-state index in [-0.39, 0.29) is 11.5 Å². The van der Waals surface area contributed by atoms with Crippen LogP contribution in [0.25, 0.3) is 0 Å². The molecular formula is C14H12BrFN2O2. The topological polar surface area (TPSA) is 55.2 Å². The molecule has 104 valence electrons. The van der Waals surface area contributed by atoms with Gasteiger partial charge in [0, 0.05) is 23.2 Å². The number of nitrogens with one attached hydrogen (secondary N) is 1. The standard InChI is InChI=1S/C14H12BrFN2O2/c1-9-2-3-13(16)14(4-9)17-8-10-5-11(15)7-12(6-10)18(19)20/h2-7,17H,8H2,1H3. The molecule has 2 rings (SSSR count). The van der Waals surface area contributed by atoms with Crippen molar-refractivity contribution in [2.75, 3.05) is 5.32 Å². The Morgan fingerprint density at radius 3 is 2.75 bits per heavy atom. The van der Waals surface area contributed by atoms with E-state index >= 15 is 0 Å². The molecule has 0 radical (unpaired) electrons. The molecule has 2 aromatic rings. The number of hydrogen-bond donors (Lipinski definition) is 1. The lowest BCUT2D eigenvalue weighted by molar-refractivity contribution is -0.385. The van der Waals surface area contributed by atoms with E-state index in [1.54, 1.807) is 18.2 Å². The van der Waals surface area contributed by atoms with Crippen LogP contribution >= 0.6 is 15.9 Å². The van der Waals surface area contributed by atoms with Gasteiger partial charge in [-0.3, -0.25) is 10.1 Å². The monoisotopic (exact) mass is 338 g/mol. The lowest BCUT2D eigenvalue weighted by Gasteiger charge is -2.09. The third-order valence-electron chi connectivity index (χ3n) is 2.76. The smallest absolute Gasteiger partial charge is 0.270 e. The predicted octanol–water partition coefficient (Wildman–Crippen LogP) is 4.42. The maximum Gasteiger partial charge on any atom is 0.270 e. The van der Waals surface area contributed by atoms with Crippen molar-refractivity contribution < 1.29 is 9.31 Å². The summed E-state index contributed by atoms with van der Waals surface area (Å²) < 4.78 is 14.2. The van der Waals surface area contributed by atoms with Crippen LogP contribution in [0.3, 0.4) is 0 Å². The highest BCUT2D eigenvalue weighted by molar-refractivity contribution is 9.10. The first-order valence-corrected chi connectivity index (χ1v) is 6.69. The molecule has 4 nitrogen and oxygen atoms in total. The molecule has 0 amide bonds. The van der Waals surface area contributed by atoms with Gasteiger partial charge in [-0.15, -0.1) is 0 Å². The van der Waals surface area contributed by atoms with E-state index in [9.17, 15) is 14.5 Å². The maximum absolute atomic E-state index is 13.6. The normalized spacial score (nSPS) is 10.3. The highest BCUT2D eigenvalue weighted by Gasteiger charge is 2.09. The summed E-state index contributed by atoms with van der Waals surface area (Å²) in [5, 5.41) is 13.7. The molecule has 0 saturated heterocycles. The Labute approximate surface area is 123 Å². The molecule has 1 N–H and O–H groups in total. The van der Waals surface area contributed by atoms with Crippen molar-refractivity contribution in [2.45, 2.75) is 13.5 Å². The van der Waals surface area contributed by atoms with Crippen LogP contribution in [0.5, 0.6) is 0 Å². The SMILES string of the molecule is Cc1ccc(F)c(NCc2cc(Br)cc([N+](=O)[O-])c2)c1. The molecule has 20 heavy (non-hydrogen) atoms. The maximum atomic E-state index is 13.6. The zero-order chi connectivity index (χ0) is 14.7. The van der Waals surface area contributed by atoms with E-state index < -0.39 is 4.92 Å². The van der Waals surface area contributed by atoms with Gasteiger partial charge in [-0.05, 0) is 36.2 Å². The Morgan fingerprint density at radius 2 is 2.05 bits per heavy atom. The summed E-state index contributed by atoms with van der Waals surface area (Å²) >= 11 is 3.23. The zero-order valence-corrected chi connectivity index (χ0v) is 12.3. The number of nitro groups is 1. The molecule has 0 unspecified atom stereocenters. The second kappa shape index (κ2) is 6.00. The number of rotatable bonds is 4. The van der Waals surface area contributed by atoms with Crippen molar-refractivity contribution in [2.24, 2.45) is 0 Å². The summed E-state index contributed by atoms with van der Waals surface area (Å²) in [6.07, 6.45) is 0. The van der Waals surface area contributed by atoms with Crippen LogP contribution < -0.4 is 5.32 Å². The van der Waals surface area contributed by atoms with Gasteiger partial charge in [0.25, 0.3) is 5.69 Å². The Bertz CT molecular complexity index is 662. The molecular weight excluding hydrogens is 327 g/mol. The highest BCUT2D eigenvalue weighted by atomic mass is 79.9. The summed E-state index contributed by atoms with van der Waals surface area (Å²) in [6, 6.07) is 9.42. The number of aryl methyl sites for hydroxylation is 1. The molecule has 0 spiro atoms. The van der Waals surface area contributed by atoms with Crippen molar-refractivity contribution in [1.29, 1.82) is 0 Å². The first kappa shape index (κ1) is 14.5. The van der Waals surface area contributed by atoms with Crippen LogP contribution in [-0.2, 0) is 6.54 Å². The third-order valence-corrected chi connectivity index (χ3v) is 3.22. The summed E-state index contributed by atoms with van der Waals surface area (Å²) in [5.74, 6) is -0.347. The third kappa shape index (κ3) is 3.54. The van der Waals surface area contributed by atoms with E-state index in [4.69, 9.17) is 0 Å². The largest absolute Gasteiger partial charge is 0.379 e. The fourth-order valence-electron chi connectivity index (χ4n) is 1.81. The van der Waals surface area contributed by atoms with E-state index in [0.29, 0.717) is 22.3 Å². The van der Waals surface area contributed by atoms with Crippen LogP contribution in [0, 0.1) is 22.9 Å². The number of nitrogens with zero attached hydrogens (tertiary/aromatic N) is 1. The minimum atomic E-state index is -0.457. The van der Waals surface area contributed by atoms with Crippen LogP contribution in [0.2, 0.25) is 0 Å². The summed E-state index contributed by atoms with van der Waals surface area (Å²) in [4.78, 5) is 10.3. The van der Waals surface area contributed by atoms with Crippen molar-refractivity contribution in [1.82, 2.24) is 0 Å². The van der Waals surface area contributed by atoms with Crippen LogP contribution in [0.1, 0.15) is 11.1 Å². The summed E-state index contributed by atoms with van der Waals surface area (Å²) in [7, 11) is 0. The second-order valence-electron chi connectivity index (χ2n) is 4.41. The molecule has 2 aromatic carbocycles. The van der Waals surface area contributed by atoms with Crippen molar-refractivity contribution in [3.8, 4) is 0 Å². The molecule has 0 bridgehead atoms. The lowest BCUT2D eigenvalue weighted by Crippen LogP contribution is -2.02. The van der Waals surface area contributed by atoms with E-state index in [2.05, 4.69) is 21.2 Å². The van der Waals surface area contributed by atoms with Crippen LogP contribution in [-0.4, -0.2) is 4.92 Å². The molecule has 0 heterocycles. The van der Waals surface area contributed by atoms with E-state index in [1.165, 1.54) is 18.2 Å². The molecule has 0 aromatic heterocycles. The van der Waals surface area contributed by atoms with Gasteiger partial charge in [-0.2, -0.15) is 0 Å². The molecule has 0 aliphatic carbocycles. The molecule has 0 aliphatic rings. The first-order chi connectivity index (χ1) is 9.45. The molecule has 0 aliphatic heterocycles. The molecule has 0 saturated carbocycles. The average molecular weight is 339 g/mol. The van der Waals surface area contributed by atoms with Gasteiger partial charge in [0.1, 0.15) is 5.82 Å². The Hall–Kier alpha value is -1.95. The van der Waals surface area contributed by atoms with Crippen LogP contribution in [0.4, 0.5) is 15.8 Å². The minimum Gasteiger partial charge on any atom is -0.379 e. The average Bonchev–Trinajstić information content (AvgIpc) is 2.39. The molecule has 0 atom stereocenters. The first-order valence-electron chi connectivity index (χ1n) is 5.89. The van der Waals surface area contributed by atoms with Crippen molar-refractivity contribution in [3.63, 3.8) is 0 Å². The fourth-order valence-corrected chi connectivity index (χ4v) is 2.34. The van der Waals surface area contributed by atoms with Gasteiger partial charge in [-0.25, -0.2) is 4.39 Å². The van der Waals surface area contributed by atoms with Crippen LogP contribution in [0.15, 0.2) is 40.9 Å². The number of non-ortho nitro benzene ring substituents is 1. The van der Waals surface area contributed by atoms with Gasteiger partial charge in [0.2, 0.25) is 0 Å². The minimum absolute atomic E-state index is 0.000823. The second-order valence-corrected chi connectivity index (χ2v) is 5.33. The quantitative estimate of drug-likeness (QED) is 0.663. The fraction of sp³-hybridized carbons (Fsp3) is 0.143. The van der Waals surface area contributed by atoms with Crippen molar-refractivity contribution >= 4 is 27.3 Å². The number of hydrogen-bond acceptors (Lipinski definition) is 3. The highest BCUT2D eigenvalue weighted by Crippen LogP contribution is 2.23. The Kier molecular flexibility index (Phi) is 4.34. The van der Waals surface area contributed by atoms with Gasteiger partial charge in [0.05, 0.1) is 10.6 Å². The Morgan fingerprint density at radius 1 is 1.30 bits per heavy atom. The predicted molar refractivity (Wildman–Crippen MR) is 79.3 cm³/mol. The lowest BCUT2D eigenvalue weighted by atomic mass is 10.2. The zero-order valence-electron chi connectivity index (χ0n) is 10.7. The summed E-state index contributed by atoms with van der Waals surface area (Å²) in [5.41, 5.74) is 2.02. The molecule has 6 heteroatoms. The Balaban J connectivity index is 2.18.